The lowest BCUT2D eigenvalue weighted by molar-refractivity contribution is 0.169. The third kappa shape index (κ3) is 2.83. The number of carbonyl (C=O) groups excluding carboxylic acids is 2. The average Bonchev–Trinajstić information content (AvgIpc) is 3.31. The van der Waals surface area contributed by atoms with Gasteiger partial charge in [-0.2, -0.15) is 0 Å². The Morgan fingerprint density at radius 1 is 1.15 bits per heavy atom. The van der Waals surface area contributed by atoms with Crippen LogP contribution in [0.4, 0.5) is 9.59 Å². The molecule has 1 aromatic rings. The highest BCUT2D eigenvalue weighted by Gasteiger charge is 2.41. The van der Waals surface area contributed by atoms with E-state index in [-0.39, 0.29) is 25.8 Å². The van der Waals surface area contributed by atoms with Crippen LogP contribution in [0.15, 0.2) is 18.2 Å². The Kier molecular flexibility index (Phi) is 3.94. The predicted octanol–water partition coefficient (Wildman–Crippen LogP) is 1.02. The number of imide groups is 1. The topological polar surface area (TPSA) is 96.5 Å². The maximum absolute atomic E-state index is 12.7. The molecule has 0 radical (unpaired) electrons. The van der Waals surface area contributed by atoms with Gasteiger partial charge in [0.15, 0.2) is 11.5 Å². The van der Waals surface area contributed by atoms with Gasteiger partial charge in [-0.1, -0.05) is 6.07 Å². The van der Waals surface area contributed by atoms with Gasteiger partial charge in [0.05, 0.1) is 19.3 Å². The Morgan fingerprint density at radius 3 is 2.65 bits per heavy atom. The molecule has 0 bridgehead atoms. The smallest absolute Gasteiger partial charge is 0.341 e. The highest BCUT2D eigenvalue weighted by molar-refractivity contribution is 7.88. The second-order valence-electron chi connectivity index (χ2n) is 6.60. The van der Waals surface area contributed by atoms with E-state index in [1.54, 1.807) is 4.90 Å². The molecule has 0 N–H and O–H groups in total. The molecular formula is C16H19N3O6S. The Labute approximate surface area is 151 Å². The Balaban J connectivity index is 1.44. The first-order valence-electron chi connectivity index (χ1n) is 8.32. The molecule has 3 aliphatic heterocycles. The summed E-state index contributed by atoms with van der Waals surface area (Å²) in [5.41, 5.74) is 1.05. The molecule has 0 spiro atoms. The van der Waals surface area contributed by atoms with Crippen molar-refractivity contribution in [1.82, 2.24) is 14.1 Å². The number of sulfonamides is 1. The van der Waals surface area contributed by atoms with Crippen LogP contribution in [-0.2, 0) is 10.0 Å². The molecule has 4 amide bonds. The van der Waals surface area contributed by atoms with Gasteiger partial charge in [0, 0.05) is 19.0 Å². The van der Waals surface area contributed by atoms with Crippen molar-refractivity contribution >= 4 is 22.1 Å². The lowest BCUT2D eigenvalue weighted by Gasteiger charge is -2.23. The molecule has 1 aromatic carbocycles. The van der Waals surface area contributed by atoms with E-state index in [1.165, 1.54) is 0 Å². The van der Waals surface area contributed by atoms with E-state index in [9.17, 15) is 18.0 Å². The lowest BCUT2D eigenvalue weighted by Crippen LogP contribution is -2.45. The molecule has 0 aliphatic carbocycles. The molecule has 0 aromatic heterocycles. The monoisotopic (exact) mass is 381 g/mol. The van der Waals surface area contributed by atoms with Crippen LogP contribution in [0.5, 0.6) is 11.5 Å². The molecule has 1 atom stereocenters. The van der Waals surface area contributed by atoms with Crippen LogP contribution in [0.3, 0.4) is 0 Å². The van der Waals surface area contributed by atoms with Gasteiger partial charge in [-0.15, -0.1) is 0 Å². The summed E-state index contributed by atoms with van der Waals surface area (Å²) < 4.78 is 34.6. The summed E-state index contributed by atoms with van der Waals surface area (Å²) in [7, 11) is -3.66. The van der Waals surface area contributed by atoms with Gasteiger partial charge in [0.25, 0.3) is 0 Å². The molecule has 9 nitrogen and oxygen atoms in total. The molecule has 10 heteroatoms. The Bertz CT molecular complexity index is 871. The van der Waals surface area contributed by atoms with Crippen molar-refractivity contribution < 1.29 is 27.5 Å². The first-order valence-corrected chi connectivity index (χ1v) is 10.2. The lowest BCUT2D eigenvalue weighted by atomic mass is 9.98. The number of rotatable bonds is 2. The number of nitrogens with zero attached hydrogens (tertiary/aromatic N) is 3. The first-order chi connectivity index (χ1) is 12.3. The number of urea groups is 2. The largest absolute Gasteiger partial charge is 0.454 e. The Morgan fingerprint density at radius 2 is 1.92 bits per heavy atom. The first kappa shape index (κ1) is 17.0. The molecule has 0 saturated carbocycles. The van der Waals surface area contributed by atoms with E-state index in [1.807, 2.05) is 18.2 Å². The van der Waals surface area contributed by atoms with Crippen molar-refractivity contribution in [2.75, 3.05) is 39.2 Å². The predicted molar refractivity (Wildman–Crippen MR) is 90.5 cm³/mol. The summed E-state index contributed by atoms with van der Waals surface area (Å²) in [4.78, 5) is 27.5. The highest BCUT2D eigenvalue weighted by atomic mass is 32.2. The standard InChI is InChI=1S/C16H19N3O6S/c1-26(22,23)19-7-6-18(16(19)21)15(20)17-5-4-12(9-17)11-2-3-13-14(8-11)25-10-24-13/h2-3,8,12H,4-7,9-10H2,1H3/t12-/m0/s1. The van der Waals surface area contributed by atoms with Crippen molar-refractivity contribution in [2.24, 2.45) is 0 Å². The number of carbonyl (C=O) groups is 2. The van der Waals surface area contributed by atoms with E-state index in [2.05, 4.69) is 0 Å². The molecule has 140 valence electrons. The zero-order valence-corrected chi connectivity index (χ0v) is 15.1. The van der Waals surface area contributed by atoms with Crippen molar-refractivity contribution in [3.05, 3.63) is 23.8 Å². The SMILES string of the molecule is CS(=O)(=O)N1CCN(C(=O)N2CC[C@H](c3ccc4c(c3)OCO4)C2)C1=O. The average molecular weight is 381 g/mol. The van der Waals surface area contributed by atoms with E-state index < -0.39 is 22.1 Å². The van der Waals surface area contributed by atoms with Crippen LogP contribution < -0.4 is 9.47 Å². The minimum atomic E-state index is -3.66. The fourth-order valence-corrected chi connectivity index (χ4v) is 4.34. The minimum Gasteiger partial charge on any atom is -0.454 e. The van der Waals surface area contributed by atoms with E-state index in [0.717, 1.165) is 27.4 Å². The number of hydrogen-bond acceptors (Lipinski definition) is 6. The number of benzene rings is 1. The van der Waals surface area contributed by atoms with Crippen LogP contribution in [0.1, 0.15) is 17.9 Å². The zero-order chi connectivity index (χ0) is 18.5. The van der Waals surface area contributed by atoms with Gasteiger partial charge >= 0.3 is 12.1 Å². The van der Waals surface area contributed by atoms with Gasteiger partial charge in [-0.05, 0) is 24.1 Å². The van der Waals surface area contributed by atoms with Crippen LogP contribution in [0.25, 0.3) is 0 Å². The summed E-state index contributed by atoms with van der Waals surface area (Å²) in [5, 5.41) is 0. The molecule has 3 aliphatic rings. The van der Waals surface area contributed by atoms with Crippen molar-refractivity contribution in [2.45, 2.75) is 12.3 Å². The summed E-state index contributed by atoms with van der Waals surface area (Å²) in [6.45, 7) is 1.28. The van der Waals surface area contributed by atoms with Gasteiger partial charge < -0.3 is 14.4 Å². The van der Waals surface area contributed by atoms with E-state index >= 15 is 0 Å². The maximum atomic E-state index is 12.7. The van der Waals surface area contributed by atoms with Gasteiger partial charge in [0.1, 0.15) is 0 Å². The quantitative estimate of drug-likeness (QED) is 0.759. The van der Waals surface area contributed by atoms with Crippen LogP contribution in [0, 0.1) is 0 Å². The minimum absolute atomic E-state index is 0.00281. The fourth-order valence-electron chi connectivity index (χ4n) is 3.55. The third-order valence-electron chi connectivity index (χ3n) is 4.93. The Hall–Kier alpha value is -2.49. The maximum Gasteiger partial charge on any atom is 0.341 e. The second kappa shape index (κ2) is 6.04. The zero-order valence-electron chi connectivity index (χ0n) is 14.3. The number of hydrogen-bond donors (Lipinski definition) is 0. The van der Waals surface area contributed by atoms with Gasteiger partial charge in [0.2, 0.25) is 16.8 Å². The summed E-state index contributed by atoms with van der Waals surface area (Å²) >= 11 is 0. The van der Waals surface area contributed by atoms with Gasteiger partial charge in [-0.25, -0.2) is 27.2 Å². The molecular weight excluding hydrogens is 362 g/mol. The third-order valence-corrected chi connectivity index (χ3v) is 6.07. The van der Waals surface area contributed by atoms with Crippen molar-refractivity contribution in [3.63, 3.8) is 0 Å². The van der Waals surface area contributed by atoms with Crippen molar-refractivity contribution in [3.8, 4) is 11.5 Å². The van der Waals surface area contributed by atoms with Crippen LogP contribution in [-0.4, -0.2) is 73.8 Å². The molecule has 26 heavy (non-hydrogen) atoms. The van der Waals surface area contributed by atoms with E-state index in [0.29, 0.717) is 24.6 Å². The fraction of sp³-hybridized carbons (Fsp3) is 0.500. The molecule has 4 rings (SSSR count). The highest BCUT2D eigenvalue weighted by Crippen LogP contribution is 2.37. The number of ether oxygens (including phenoxy) is 2. The molecule has 3 heterocycles. The van der Waals surface area contributed by atoms with Crippen LogP contribution >= 0.6 is 0 Å². The molecule has 0 unspecified atom stereocenters. The van der Waals surface area contributed by atoms with E-state index in [4.69, 9.17) is 9.47 Å². The normalized spacial score (nSPS) is 22.4. The van der Waals surface area contributed by atoms with Crippen molar-refractivity contribution in [1.29, 1.82) is 0 Å². The molecule has 2 fully saturated rings. The van der Waals surface area contributed by atoms with Crippen LogP contribution in [0.2, 0.25) is 0 Å². The molecule has 2 saturated heterocycles. The summed E-state index contributed by atoms with van der Waals surface area (Å²) in [6, 6.07) is 4.52. The summed E-state index contributed by atoms with van der Waals surface area (Å²) in [6.07, 6.45) is 1.73. The number of fused-ring (bicyclic) bond motifs is 1. The second-order valence-corrected chi connectivity index (χ2v) is 8.50. The summed E-state index contributed by atoms with van der Waals surface area (Å²) in [5.74, 6) is 1.55. The van der Waals surface area contributed by atoms with Gasteiger partial charge in [-0.3, -0.25) is 0 Å². The number of amides is 4. The number of likely N-dealkylation sites (tertiary alicyclic amines) is 1.